The molecule has 0 saturated carbocycles. The fourth-order valence-electron chi connectivity index (χ4n) is 1.43. The lowest BCUT2D eigenvalue weighted by Gasteiger charge is -2.31. The van der Waals surface area contributed by atoms with Gasteiger partial charge in [-0.05, 0) is 37.1 Å². The largest absolute Gasteiger partial charge is 0.483 e. The molecule has 1 N–H and O–H groups in total. The van der Waals surface area contributed by atoms with Gasteiger partial charge in [-0.2, -0.15) is 0 Å². The monoisotopic (exact) mass is 194 g/mol. The molecule has 1 aromatic carbocycles. The molecule has 0 spiro atoms. The van der Waals surface area contributed by atoms with Crippen LogP contribution in [-0.2, 0) is 0 Å². The van der Waals surface area contributed by atoms with Crippen LogP contribution in [0.5, 0.6) is 11.5 Å². The summed E-state index contributed by atoms with van der Waals surface area (Å²) in [5.74, 6) is 0.110. The van der Waals surface area contributed by atoms with Crippen molar-refractivity contribution in [1.82, 2.24) is 0 Å². The third kappa shape index (κ3) is 1.55. The number of benzene rings is 1. The number of hydrogen-bond acceptors (Lipinski definition) is 3. The quantitative estimate of drug-likeness (QED) is 0.684. The van der Waals surface area contributed by atoms with Crippen LogP contribution in [-0.4, -0.2) is 17.5 Å². The van der Waals surface area contributed by atoms with Gasteiger partial charge in [0, 0.05) is 6.92 Å². The predicted molar refractivity (Wildman–Crippen MR) is 52.7 cm³/mol. The molecule has 1 aliphatic rings. The Morgan fingerprint density at radius 2 is 1.79 bits per heavy atom. The molecule has 1 aromatic rings. The third-order valence-electron chi connectivity index (χ3n) is 2.39. The Labute approximate surface area is 83.3 Å². The van der Waals surface area contributed by atoms with E-state index in [1.54, 1.807) is 6.92 Å². The van der Waals surface area contributed by atoms with E-state index in [1.165, 1.54) is 0 Å². The minimum atomic E-state index is -1.21. The van der Waals surface area contributed by atoms with Crippen molar-refractivity contribution in [3.05, 3.63) is 23.3 Å². The number of aliphatic hydroxyl groups is 1. The zero-order valence-electron chi connectivity index (χ0n) is 8.63. The first-order valence-electron chi connectivity index (χ1n) is 4.63. The highest BCUT2D eigenvalue weighted by atomic mass is 16.7. The molecule has 1 atom stereocenters. The van der Waals surface area contributed by atoms with Gasteiger partial charge in [0.05, 0.1) is 0 Å². The lowest BCUT2D eigenvalue weighted by molar-refractivity contribution is -0.159. The highest BCUT2D eigenvalue weighted by Gasteiger charge is 2.30. The summed E-state index contributed by atoms with van der Waals surface area (Å²) in [6.45, 7) is 5.78. The maximum Gasteiger partial charge on any atom is 0.239 e. The molecule has 3 nitrogen and oxygen atoms in total. The van der Waals surface area contributed by atoms with Gasteiger partial charge in [-0.15, -0.1) is 0 Å². The first-order chi connectivity index (χ1) is 6.48. The Kier molecular flexibility index (Phi) is 1.93. The Morgan fingerprint density at radius 1 is 1.21 bits per heavy atom. The van der Waals surface area contributed by atoms with Crippen molar-refractivity contribution < 1.29 is 14.6 Å². The molecule has 0 fully saturated rings. The van der Waals surface area contributed by atoms with Crippen molar-refractivity contribution in [3.63, 3.8) is 0 Å². The summed E-state index contributed by atoms with van der Waals surface area (Å²) in [4.78, 5) is 0. The fraction of sp³-hybridized carbons (Fsp3) is 0.455. The van der Waals surface area contributed by atoms with E-state index in [4.69, 9.17) is 9.47 Å². The lowest BCUT2D eigenvalue weighted by Crippen LogP contribution is -2.41. The summed E-state index contributed by atoms with van der Waals surface area (Å²) in [5.41, 5.74) is 2.29. The molecule has 3 heteroatoms. The minimum Gasteiger partial charge on any atom is -0.483 e. The maximum absolute atomic E-state index is 9.63. The zero-order chi connectivity index (χ0) is 10.3. The second-order valence-electron chi connectivity index (χ2n) is 3.95. The van der Waals surface area contributed by atoms with E-state index in [0.717, 1.165) is 11.1 Å². The van der Waals surface area contributed by atoms with Gasteiger partial charge in [0.15, 0.2) is 18.1 Å². The summed E-state index contributed by atoms with van der Waals surface area (Å²) in [6.07, 6.45) is 0. The lowest BCUT2D eigenvalue weighted by atomic mass is 10.1. The maximum atomic E-state index is 9.63. The van der Waals surface area contributed by atoms with Crippen LogP contribution in [0.1, 0.15) is 18.1 Å². The van der Waals surface area contributed by atoms with Gasteiger partial charge >= 0.3 is 0 Å². The topological polar surface area (TPSA) is 38.7 Å². The first-order valence-corrected chi connectivity index (χ1v) is 4.63. The van der Waals surface area contributed by atoms with Gasteiger partial charge in [0.25, 0.3) is 0 Å². The molecule has 0 aliphatic carbocycles. The van der Waals surface area contributed by atoms with Gasteiger partial charge in [0.2, 0.25) is 5.79 Å². The molecule has 2 rings (SSSR count). The standard InChI is InChI=1S/C11H14O3/c1-7-4-9-10(5-8(7)2)14-11(3,12)6-13-9/h4-5,12H,6H2,1-3H3/t11-/m0/s1. The van der Waals surface area contributed by atoms with Crippen LogP contribution in [0, 0.1) is 13.8 Å². The average Bonchev–Trinajstić information content (AvgIpc) is 2.07. The molecule has 1 heterocycles. The molecule has 0 saturated heterocycles. The SMILES string of the molecule is Cc1cc2c(cc1C)O[C@](C)(O)CO2. The normalized spacial score (nSPS) is 24.9. The van der Waals surface area contributed by atoms with E-state index in [0.29, 0.717) is 11.5 Å². The Hall–Kier alpha value is -1.22. The number of hydrogen-bond donors (Lipinski definition) is 1. The van der Waals surface area contributed by atoms with E-state index in [2.05, 4.69) is 0 Å². The number of aryl methyl sites for hydroxylation is 2. The highest BCUT2D eigenvalue weighted by molar-refractivity contribution is 5.47. The second kappa shape index (κ2) is 2.89. The Bertz CT molecular complexity index is 369. The molecule has 0 unspecified atom stereocenters. The van der Waals surface area contributed by atoms with E-state index >= 15 is 0 Å². The summed E-state index contributed by atoms with van der Waals surface area (Å²) in [5, 5.41) is 9.63. The van der Waals surface area contributed by atoms with Gasteiger partial charge in [0.1, 0.15) is 0 Å². The van der Waals surface area contributed by atoms with Crippen molar-refractivity contribution in [2.45, 2.75) is 26.6 Å². The molecule has 0 aromatic heterocycles. The van der Waals surface area contributed by atoms with Crippen LogP contribution >= 0.6 is 0 Å². The molecular formula is C11H14O3. The van der Waals surface area contributed by atoms with Crippen molar-refractivity contribution in [3.8, 4) is 11.5 Å². The van der Waals surface area contributed by atoms with Gasteiger partial charge in [-0.1, -0.05) is 0 Å². The highest BCUT2D eigenvalue weighted by Crippen LogP contribution is 2.36. The van der Waals surface area contributed by atoms with Gasteiger partial charge in [-0.3, -0.25) is 0 Å². The molecular weight excluding hydrogens is 180 g/mol. The van der Waals surface area contributed by atoms with Gasteiger partial charge < -0.3 is 14.6 Å². The number of ether oxygens (including phenoxy) is 2. The van der Waals surface area contributed by atoms with Crippen molar-refractivity contribution >= 4 is 0 Å². The second-order valence-corrected chi connectivity index (χ2v) is 3.95. The van der Waals surface area contributed by atoms with Crippen molar-refractivity contribution in [2.24, 2.45) is 0 Å². The third-order valence-corrected chi connectivity index (χ3v) is 2.39. The Balaban J connectivity index is 2.43. The summed E-state index contributed by atoms with van der Waals surface area (Å²) in [7, 11) is 0. The summed E-state index contributed by atoms with van der Waals surface area (Å²) in [6, 6.07) is 3.82. The van der Waals surface area contributed by atoms with Crippen molar-refractivity contribution in [1.29, 1.82) is 0 Å². The number of rotatable bonds is 0. The summed E-state index contributed by atoms with van der Waals surface area (Å²) < 4.78 is 10.8. The van der Waals surface area contributed by atoms with E-state index in [1.807, 2.05) is 26.0 Å². The molecule has 14 heavy (non-hydrogen) atoms. The molecule has 0 amide bonds. The Morgan fingerprint density at radius 3 is 2.43 bits per heavy atom. The van der Waals surface area contributed by atoms with Crippen LogP contribution in [0.3, 0.4) is 0 Å². The molecule has 1 aliphatic heterocycles. The molecule has 0 bridgehead atoms. The van der Waals surface area contributed by atoms with Crippen LogP contribution in [0.15, 0.2) is 12.1 Å². The van der Waals surface area contributed by atoms with Crippen LogP contribution < -0.4 is 9.47 Å². The van der Waals surface area contributed by atoms with Crippen LogP contribution in [0.4, 0.5) is 0 Å². The number of fused-ring (bicyclic) bond motifs is 1. The smallest absolute Gasteiger partial charge is 0.239 e. The first kappa shape index (κ1) is 9.34. The van der Waals surface area contributed by atoms with E-state index < -0.39 is 5.79 Å². The van der Waals surface area contributed by atoms with E-state index in [9.17, 15) is 5.11 Å². The van der Waals surface area contributed by atoms with Crippen LogP contribution in [0.25, 0.3) is 0 Å². The van der Waals surface area contributed by atoms with Crippen molar-refractivity contribution in [2.75, 3.05) is 6.61 Å². The molecule has 0 radical (unpaired) electrons. The van der Waals surface area contributed by atoms with E-state index in [-0.39, 0.29) is 6.61 Å². The van der Waals surface area contributed by atoms with Gasteiger partial charge in [-0.25, -0.2) is 0 Å². The summed E-state index contributed by atoms with van der Waals surface area (Å²) >= 11 is 0. The molecule has 76 valence electrons. The fourth-order valence-corrected chi connectivity index (χ4v) is 1.43. The van der Waals surface area contributed by atoms with Crippen LogP contribution in [0.2, 0.25) is 0 Å². The zero-order valence-corrected chi connectivity index (χ0v) is 8.63. The predicted octanol–water partition coefficient (Wildman–Crippen LogP) is 1.78. The average molecular weight is 194 g/mol. The minimum absolute atomic E-state index is 0.169.